The Balaban J connectivity index is 1.59. The first-order chi connectivity index (χ1) is 7.38. The van der Waals surface area contributed by atoms with Crippen LogP contribution in [-0.2, 0) is 0 Å². The second-order valence-electron chi connectivity index (χ2n) is 5.67. The van der Waals surface area contributed by atoms with Gasteiger partial charge in [-0.05, 0) is 44.1 Å². The van der Waals surface area contributed by atoms with Gasteiger partial charge in [0.2, 0.25) is 0 Å². The Morgan fingerprint density at radius 2 is 1.73 bits per heavy atom. The summed E-state index contributed by atoms with van der Waals surface area (Å²) in [6.45, 7) is 3.64. The van der Waals surface area contributed by atoms with Gasteiger partial charge in [-0.3, -0.25) is 0 Å². The smallest absolute Gasteiger partial charge is 0.00671 e. The van der Waals surface area contributed by atoms with Gasteiger partial charge >= 0.3 is 0 Å². The maximum absolute atomic E-state index is 3.78. The van der Waals surface area contributed by atoms with Crippen molar-refractivity contribution >= 4 is 0 Å². The van der Waals surface area contributed by atoms with E-state index < -0.39 is 0 Å². The predicted octanol–water partition coefficient (Wildman–Crippen LogP) is 3.74. The lowest BCUT2D eigenvalue weighted by molar-refractivity contribution is 0.421. The van der Waals surface area contributed by atoms with Gasteiger partial charge in [-0.25, -0.2) is 0 Å². The third-order valence-corrected chi connectivity index (χ3v) is 4.35. The third-order valence-electron chi connectivity index (χ3n) is 4.35. The molecule has 1 N–H and O–H groups in total. The first kappa shape index (κ1) is 11.4. The van der Waals surface area contributed by atoms with Crippen LogP contribution in [0.4, 0.5) is 0 Å². The molecule has 2 rings (SSSR count). The Morgan fingerprint density at radius 1 is 0.933 bits per heavy atom. The van der Waals surface area contributed by atoms with Crippen LogP contribution in [0.25, 0.3) is 0 Å². The van der Waals surface area contributed by atoms with E-state index in [1.807, 2.05) is 0 Å². The molecule has 0 aliphatic heterocycles. The fraction of sp³-hybridized carbons (Fsp3) is 1.00. The van der Waals surface area contributed by atoms with Crippen molar-refractivity contribution in [3.8, 4) is 0 Å². The van der Waals surface area contributed by atoms with Crippen molar-refractivity contribution in [3.63, 3.8) is 0 Å². The average molecular weight is 209 g/mol. The predicted molar refractivity (Wildman–Crippen MR) is 66.0 cm³/mol. The second kappa shape index (κ2) is 5.89. The fourth-order valence-electron chi connectivity index (χ4n) is 2.89. The van der Waals surface area contributed by atoms with Gasteiger partial charge in [0.15, 0.2) is 0 Å². The van der Waals surface area contributed by atoms with Crippen LogP contribution in [0.5, 0.6) is 0 Å². The van der Waals surface area contributed by atoms with Gasteiger partial charge in [-0.15, -0.1) is 0 Å². The van der Waals surface area contributed by atoms with E-state index in [2.05, 4.69) is 12.2 Å². The normalized spacial score (nSPS) is 32.6. The molecule has 0 aromatic rings. The molecule has 0 spiro atoms. The summed E-state index contributed by atoms with van der Waals surface area (Å²) in [5.41, 5.74) is 0. The van der Waals surface area contributed by atoms with Crippen molar-refractivity contribution in [2.24, 2.45) is 11.8 Å². The molecular formula is C14H27N. The molecule has 2 fully saturated rings. The molecule has 0 saturated heterocycles. The summed E-state index contributed by atoms with van der Waals surface area (Å²) in [6.07, 6.45) is 13.1. The van der Waals surface area contributed by atoms with E-state index in [4.69, 9.17) is 0 Å². The molecule has 2 aliphatic carbocycles. The summed E-state index contributed by atoms with van der Waals surface area (Å²) >= 11 is 0. The van der Waals surface area contributed by atoms with E-state index in [9.17, 15) is 0 Å². The standard InChI is InChI=1S/C14H27N/c1-2-12-4-3-5-14(9-8-12)15-11-10-13-6-7-13/h12-15H,2-11H2,1H3. The SMILES string of the molecule is CCC1CCCC(NCCC2CC2)CC1. The summed E-state index contributed by atoms with van der Waals surface area (Å²) in [5.74, 6) is 2.12. The minimum Gasteiger partial charge on any atom is -0.314 e. The van der Waals surface area contributed by atoms with Crippen LogP contribution >= 0.6 is 0 Å². The van der Waals surface area contributed by atoms with Crippen LogP contribution in [0, 0.1) is 11.8 Å². The van der Waals surface area contributed by atoms with Crippen molar-refractivity contribution < 1.29 is 0 Å². The van der Waals surface area contributed by atoms with Crippen LogP contribution < -0.4 is 5.32 Å². The van der Waals surface area contributed by atoms with E-state index in [0.717, 1.165) is 17.9 Å². The summed E-state index contributed by atoms with van der Waals surface area (Å²) in [4.78, 5) is 0. The number of rotatable bonds is 5. The molecule has 0 radical (unpaired) electrons. The summed E-state index contributed by atoms with van der Waals surface area (Å²) in [5, 5.41) is 3.78. The van der Waals surface area contributed by atoms with Crippen molar-refractivity contribution in [3.05, 3.63) is 0 Å². The highest BCUT2D eigenvalue weighted by atomic mass is 14.9. The maximum Gasteiger partial charge on any atom is 0.00671 e. The molecule has 0 heterocycles. The highest BCUT2D eigenvalue weighted by Gasteiger charge is 2.21. The van der Waals surface area contributed by atoms with Crippen molar-refractivity contribution in [2.45, 2.75) is 70.8 Å². The van der Waals surface area contributed by atoms with Gasteiger partial charge in [-0.2, -0.15) is 0 Å². The summed E-state index contributed by atoms with van der Waals surface area (Å²) in [7, 11) is 0. The van der Waals surface area contributed by atoms with Crippen LogP contribution in [0.2, 0.25) is 0 Å². The highest BCUT2D eigenvalue weighted by molar-refractivity contribution is 4.77. The van der Waals surface area contributed by atoms with E-state index in [-0.39, 0.29) is 0 Å². The molecule has 15 heavy (non-hydrogen) atoms. The molecular weight excluding hydrogens is 182 g/mol. The quantitative estimate of drug-likeness (QED) is 0.680. The van der Waals surface area contributed by atoms with Crippen LogP contribution in [0.15, 0.2) is 0 Å². The molecule has 2 atom stereocenters. The lowest BCUT2D eigenvalue weighted by Gasteiger charge is -2.16. The third kappa shape index (κ3) is 4.14. The molecule has 0 aromatic carbocycles. The molecule has 1 nitrogen and oxygen atoms in total. The molecule has 0 aromatic heterocycles. The Labute approximate surface area is 95.0 Å². The van der Waals surface area contributed by atoms with Crippen molar-refractivity contribution in [1.82, 2.24) is 5.32 Å². The Kier molecular flexibility index (Phi) is 4.49. The van der Waals surface area contributed by atoms with Crippen LogP contribution in [0.1, 0.15) is 64.7 Å². The molecule has 0 bridgehead atoms. The highest BCUT2D eigenvalue weighted by Crippen LogP contribution is 2.32. The van der Waals surface area contributed by atoms with Gasteiger partial charge in [0.05, 0.1) is 0 Å². The molecule has 2 saturated carbocycles. The summed E-state index contributed by atoms with van der Waals surface area (Å²) < 4.78 is 0. The van der Waals surface area contributed by atoms with Gasteiger partial charge in [0.25, 0.3) is 0 Å². The second-order valence-corrected chi connectivity index (χ2v) is 5.67. The molecule has 0 amide bonds. The zero-order chi connectivity index (χ0) is 10.5. The first-order valence-corrected chi connectivity index (χ1v) is 7.12. The summed E-state index contributed by atoms with van der Waals surface area (Å²) in [6, 6.07) is 0.847. The van der Waals surface area contributed by atoms with Crippen LogP contribution in [0.3, 0.4) is 0 Å². The number of hydrogen-bond donors (Lipinski definition) is 1. The zero-order valence-corrected chi connectivity index (χ0v) is 10.3. The topological polar surface area (TPSA) is 12.0 Å². The number of hydrogen-bond acceptors (Lipinski definition) is 1. The number of nitrogens with one attached hydrogen (secondary N) is 1. The minimum absolute atomic E-state index is 0.847. The molecule has 1 heteroatoms. The van der Waals surface area contributed by atoms with Crippen LogP contribution in [-0.4, -0.2) is 12.6 Å². The Morgan fingerprint density at radius 3 is 2.47 bits per heavy atom. The van der Waals surface area contributed by atoms with Gasteiger partial charge in [-0.1, -0.05) is 39.0 Å². The molecule has 2 aliphatic rings. The van der Waals surface area contributed by atoms with E-state index >= 15 is 0 Å². The van der Waals surface area contributed by atoms with Crippen molar-refractivity contribution in [1.29, 1.82) is 0 Å². The van der Waals surface area contributed by atoms with Gasteiger partial charge < -0.3 is 5.32 Å². The Hall–Kier alpha value is -0.0400. The van der Waals surface area contributed by atoms with E-state index in [1.165, 1.54) is 64.3 Å². The largest absolute Gasteiger partial charge is 0.314 e. The first-order valence-electron chi connectivity index (χ1n) is 7.12. The van der Waals surface area contributed by atoms with Gasteiger partial charge in [0, 0.05) is 6.04 Å². The molecule has 2 unspecified atom stereocenters. The maximum atomic E-state index is 3.78. The fourth-order valence-corrected chi connectivity index (χ4v) is 2.89. The monoisotopic (exact) mass is 209 g/mol. The zero-order valence-electron chi connectivity index (χ0n) is 10.3. The van der Waals surface area contributed by atoms with Gasteiger partial charge in [0.1, 0.15) is 0 Å². The lowest BCUT2D eigenvalue weighted by atomic mass is 9.98. The molecule has 88 valence electrons. The Bertz CT molecular complexity index is 174. The minimum atomic E-state index is 0.847. The van der Waals surface area contributed by atoms with E-state index in [0.29, 0.717) is 0 Å². The lowest BCUT2D eigenvalue weighted by Crippen LogP contribution is -2.29. The van der Waals surface area contributed by atoms with Crippen molar-refractivity contribution in [2.75, 3.05) is 6.54 Å². The average Bonchev–Trinajstić information content (AvgIpc) is 3.05. The van der Waals surface area contributed by atoms with E-state index in [1.54, 1.807) is 0 Å².